The first-order valence-electron chi connectivity index (χ1n) is 8.85. The third-order valence-corrected chi connectivity index (χ3v) is 6.22. The fourth-order valence-electron chi connectivity index (χ4n) is 3.59. The number of benzene rings is 1. The SMILES string of the molecule is Cc1cccc(CN2CCN(c3ncnc4sc(C)c(C)c34)CC2)c1. The van der Waals surface area contributed by atoms with Crippen molar-refractivity contribution in [3.05, 3.63) is 52.2 Å². The summed E-state index contributed by atoms with van der Waals surface area (Å²) in [5.41, 5.74) is 4.07. The Labute approximate surface area is 153 Å². The fourth-order valence-corrected chi connectivity index (χ4v) is 4.58. The lowest BCUT2D eigenvalue weighted by Crippen LogP contribution is -2.46. The first kappa shape index (κ1) is 16.5. The van der Waals surface area contributed by atoms with E-state index in [1.165, 1.54) is 27.0 Å². The van der Waals surface area contributed by atoms with E-state index in [0.717, 1.165) is 43.4 Å². The number of aromatic nitrogens is 2. The predicted octanol–water partition coefficient (Wildman–Crippen LogP) is 3.94. The summed E-state index contributed by atoms with van der Waals surface area (Å²) in [4.78, 5) is 16.5. The van der Waals surface area contributed by atoms with Crippen LogP contribution in [-0.4, -0.2) is 41.0 Å². The van der Waals surface area contributed by atoms with Gasteiger partial charge in [0.05, 0.1) is 5.39 Å². The van der Waals surface area contributed by atoms with Crippen LogP contribution in [0, 0.1) is 20.8 Å². The summed E-state index contributed by atoms with van der Waals surface area (Å²) < 4.78 is 0. The molecule has 25 heavy (non-hydrogen) atoms. The summed E-state index contributed by atoms with van der Waals surface area (Å²) in [5.74, 6) is 1.11. The molecule has 1 aliphatic heterocycles. The van der Waals surface area contributed by atoms with E-state index in [2.05, 4.69) is 64.8 Å². The highest BCUT2D eigenvalue weighted by Crippen LogP contribution is 2.34. The molecule has 0 aliphatic carbocycles. The van der Waals surface area contributed by atoms with Crippen molar-refractivity contribution >= 4 is 27.4 Å². The normalized spacial score (nSPS) is 15.9. The van der Waals surface area contributed by atoms with E-state index in [-0.39, 0.29) is 0 Å². The van der Waals surface area contributed by atoms with Crippen LogP contribution in [0.15, 0.2) is 30.6 Å². The van der Waals surface area contributed by atoms with Gasteiger partial charge in [0.15, 0.2) is 0 Å². The lowest BCUT2D eigenvalue weighted by molar-refractivity contribution is 0.249. The molecule has 0 bridgehead atoms. The van der Waals surface area contributed by atoms with Crippen LogP contribution in [0.1, 0.15) is 21.6 Å². The standard InChI is InChI=1S/C20H24N4S/c1-14-5-4-6-17(11-14)12-23-7-9-24(10-8-23)19-18-15(2)16(3)25-20(18)22-13-21-19/h4-6,11,13H,7-10,12H2,1-3H3. The van der Waals surface area contributed by atoms with E-state index in [9.17, 15) is 0 Å². The maximum Gasteiger partial charge on any atom is 0.141 e. The van der Waals surface area contributed by atoms with Crippen molar-refractivity contribution in [2.24, 2.45) is 0 Å². The number of hydrogen-bond donors (Lipinski definition) is 0. The van der Waals surface area contributed by atoms with Crippen molar-refractivity contribution in [2.75, 3.05) is 31.1 Å². The molecule has 130 valence electrons. The third kappa shape index (κ3) is 3.26. The molecule has 0 saturated carbocycles. The number of thiophene rings is 1. The van der Waals surface area contributed by atoms with Crippen molar-refractivity contribution in [2.45, 2.75) is 27.3 Å². The molecule has 4 rings (SSSR count). The highest BCUT2D eigenvalue weighted by molar-refractivity contribution is 7.18. The van der Waals surface area contributed by atoms with Crippen LogP contribution < -0.4 is 4.90 Å². The molecular weight excluding hydrogens is 328 g/mol. The van der Waals surface area contributed by atoms with E-state index in [1.54, 1.807) is 17.7 Å². The first-order chi connectivity index (χ1) is 12.1. The van der Waals surface area contributed by atoms with E-state index >= 15 is 0 Å². The first-order valence-corrected chi connectivity index (χ1v) is 9.67. The summed E-state index contributed by atoms with van der Waals surface area (Å²) in [6, 6.07) is 8.83. The van der Waals surface area contributed by atoms with Gasteiger partial charge in [0.2, 0.25) is 0 Å². The van der Waals surface area contributed by atoms with Crippen LogP contribution in [0.25, 0.3) is 10.2 Å². The lowest BCUT2D eigenvalue weighted by Gasteiger charge is -2.35. The Bertz CT molecular complexity index is 894. The minimum Gasteiger partial charge on any atom is -0.353 e. The number of piperazine rings is 1. The average Bonchev–Trinajstić information content (AvgIpc) is 2.90. The predicted molar refractivity (Wildman–Crippen MR) is 106 cm³/mol. The van der Waals surface area contributed by atoms with Crippen LogP contribution in [0.3, 0.4) is 0 Å². The maximum atomic E-state index is 4.63. The summed E-state index contributed by atoms with van der Waals surface area (Å²) in [6.07, 6.45) is 1.71. The number of hydrogen-bond acceptors (Lipinski definition) is 5. The largest absolute Gasteiger partial charge is 0.353 e. The molecule has 0 radical (unpaired) electrons. The molecule has 0 amide bonds. The van der Waals surface area contributed by atoms with Gasteiger partial charge in [-0.2, -0.15) is 0 Å². The zero-order chi connectivity index (χ0) is 17.4. The summed E-state index contributed by atoms with van der Waals surface area (Å²) in [6.45, 7) is 11.7. The molecule has 0 spiro atoms. The van der Waals surface area contributed by atoms with Gasteiger partial charge in [-0.25, -0.2) is 9.97 Å². The molecule has 0 atom stereocenters. The lowest BCUT2D eigenvalue weighted by atomic mass is 10.1. The molecule has 5 heteroatoms. The van der Waals surface area contributed by atoms with Crippen LogP contribution >= 0.6 is 11.3 Å². The molecule has 3 heterocycles. The molecular formula is C20H24N4S. The molecule has 2 aromatic heterocycles. The van der Waals surface area contributed by atoms with Gasteiger partial charge in [0.1, 0.15) is 17.0 Å². The van der Waals surface area contributed by atoms with Gasteiger partial charge in [-0.05, 0) is 31.9 Å². The Morgan fingerprint density at radius 1 is 1.04 bits per heavy atom. The second-order valence-corrected chi connectivity index (χ2v) is 8.12. The molecule has 1 aromatic carbocycles. The van der Waals surface area contributed by atoms with E-state index in [4.69, 9.17) is 0 Å². The van der Waals surface area contributed by atoms with Gasteiger partial charge in [-0.3, -0.25) is 4.90 Å². The minimum atomic E-state index is 1.02. The molecule has 1 saturated heterocycles. The van der Waals surface area contributed by atoms with Crippen LogP contribution in [0.4, 0.5) is 5.82 Å². The van der Waals surface area contributed by atoms with Crippen LogP contribution in [0.5, 0.6) is 0 Å². The molecule has 3 aromatic rings. The number of anilines is 1. The molecule has 0 N–H and O–H groups in total. The number of nitrogens with zero attached hydrogens (tertiary/aromatic N) is 4. The van der Waals surface area contributed by atoms with Gasteiger partial charge >= 0.3 is 0 Å². The van der Waals surface area contributed by atoms with E-state index < -0.39 is 0 Å². The van der Waals surface area contributed by atoms with Gasteiger partial charge in [-0.1, -0.05) is 29.8 Å². The molecule has 4 nitrogen and oxygen atoms in total. The van der Waals surface area contributed by atoms with Gasteiger partial charge in [0.25, 0.3) is 0 Å². The Kier molecular flexibility index (Phi) is 4.44. The zero-order valence-electron chi connectivity index (χ0n) is 15.1. The van der Waals surface area contributed by atoms with E-state index in [0.29, 0.717) is 0 Å². The number of fused-ring (bicyclic) bond motifs is 1. The molecule has 1 aliphatic rings. The highest BCUT2D eigenvalue weighted by atomic mass is 32.1. The summed E-state index contributed by atoms with van der Waals surface area (Å²) >= 11 is 1.77. The number of rotatable bonds is 3. The Morgan fingerprint density at radius 2 is 1.84 bits per heavy atom. The van der Waals surface area contributed by atoms with Crippen molar-refractivity contribution in [1.29, 1.82) is 0 Å². The average molecular weight is 353 g/mol. The Hall–Kier alpha value is -1.98. The van der Waals surface area contributed by atoms with Gasteiger partial charge in [0, 0.05) is 37.6 Å². The van der Waals surface area contributed by atoms with Crippen LogP contribution in [0.2, 0.25) is 0 Å². The van der Waals surface area contributed by atoms with E-state index in [1.807, 2.05) is 0 Å². The van der Waals surface area contributed by atoms with Gasteiger partial charge < -0.3 is 4.90 Å². The molecule has 0 unspecified atom stereocenters. The smallest absolute Gasteiger partial charge is 0.141 e. The third-order valence-electron chi connectivity index (χ3n) is 5.11. The summed E-state index contributed by atoms with van der Waals surface area (Å²) in [5, 5.41) is 1.25. The second-order valence-electron chi connectivity index (χ2n) is 6.91. The van der Waals surface area contributed by atoms with Crippen molar-refractivity contribution in [1.82, 2.24) is 14.9 Å². The Balaban J connectivity index is 1.49. The van der Waals surface area contributed by atoms with Gasteiger partial charge in [-0.15, -0.1) is 11.3 Å². The monoisotopic (exact) mass is 352 g/mol. The minimum absolute atomic E-state index is 1.02. The topological polar surface area (TPSA) is 32.3 Å². The highest BCUT2D eigenvalue weighted by Gasteiger charge is 2.22. The summed E-state index contributed by atoms with van der Waals surface area (Å²) in [7, 11) is 0. The zero-order valence-corrected chi connectivity index (χ0v) is 15.9. The Morgan fingerprint density at radius 3 is 2.60 bits per heavy atom. The van der Waals surface area contributed by atoms with Crippen molar-refractivity contribution in [3.8, 4) is 0 Å². The van der Waals surface area contributed by atoms with Crippen molar-refractivity contribution in [3.63, 3.8) is 0 Å². The van der Waals surface area contributed by atoms with Crippen LogP contribution in [-0.2, 0) is 6.54 Å². The van der Waals surface area contributed by atoms with Crippen molar-refractivity contribution < 1.29 is 0 Å². The number of aryl methyl sites for hydroxylation is 3. The maximum absolute atomic E-state index is 4.63. The fraction of sp³-hybridized carbons (Fsp3) is 0.400. The quantitative estimate of drug-likeness (QED) is 0.715. The second kappa shape index (κ2) is 6.73. The molecule has 1 fully saturated rings.